The fraction of sp³-hybridized carbons (Fsp3) is 0.600. The Morgan fingerprint density at radius 2 is 1.56 bits per heavy atom. The van der Waals surface area contributed by atoms with Crippen LogP contribution in [0.2, 0.25) is 0 Å². The molecule has 5 heteroatoms. The Kier molecular flexibility index (Phi) is 14.7. The summed E-state index contributed by atoms with van der Waals surface area (Å²) in [4.78, 5) is 22.1. The summed E-state index contributed by atoms with van der Waals surface area (Å²) in [5.74, 6) is -1.53. The molecular formula is C20H32O5. The minimum atomic E-state index is -1.50. The summed E-state index contributed by atoms with van der Waals surface area (Å²) in [5, 5.41) is 27.9. The summed E-state index contributed by atoms with van der Waals surface area (Å²) in [7, 11) is 0. The number of allylic oxidation sites excluding steroid dienone is 5. The monoisotopic (exact) mass is 352 g/mol. The second-order valence-corrected chi connectivity index (χ2v) is 6.01. The summed E-state index contributed by atoms with van der Waals surface area (Å²) in [6.45, 7) is 2.18. The number of carboxylic acid groups (broad SMARTS) is 1. The van der Waals surface area contributed by atoms with Gasteiger partial charge >= 0.3 is 5.97 Å². The van der Waals surface area contributed by atoms with Crippen LogP contribution in [0.4, 0.5) is 0 Å². The van der Waals surface area contributed by atoms with Gasteiger partial charge in [-0.3, -0.25) is 9.59 Å². The van der Waals surface area contributed by atoms with E-state index >= 15 is 0 Å². The first-order valence-corrected chi connectivity index (χ1v) is 9.07. The van der Waals surface area contributed by atoms with E-state index in [1.165, 1.54) is 25.3 Å². The predicted octanol–water partition coefficient (Wildman–Crippen LogP) is 3.56. The van der Waals surface area contributed by atoms with Crippen LogP contribution in [0.5, 0.6) is 0 Å². The number of aliphatic hydroxyl groups is 2. The Morgan fingerprint density at radius 1 is 0.920 bits per heavy atom. The van der Waals surface area contributed by atoms with Crippen molar-refractivity contribution in [2.45, 2.75) is 76.9 Å². The molecule has 0 rings (SSSR count). The van der Waals surface area contributed by atoms with Crippen molar-refractivity contribution in [2.24, 2.45) is 0 Å². The van der Waals surface area contributed by atoms with Gasteiger partial charge in [0.25, 0.3) is 0 Å². The van der Waals surface area contributed by atoms with E-state index in [9.17, 15) is 19.8 Å². The zero-order chi connectivity index (χ0) is 18.9. The summed E-state index contributed by atoms with van der Waals surface area (Å²) in [6.07, 6.45) is 14.9. The van der Waals surface area contributed by atoms with Gasteiger partial charge in [-0.15, -0.1) is 0 Å². The lowest BCUT2D eigenvalue weighted by molar-refractivity contribution is -0.137. The maximum Gasteiger partial charge on any atom is 0.303 e. The highest BCUT2D eigenvalue weighted by molar-refractivity contribution is 5.93. The molecule has 2 atom stereocenters. The van der Waals surface area contributed by atoms with E-state index in [0.717, 1.165) is 12.8 Å². The van der Waals surface area contributed by atoms with Gasteiger partial charge < -0.3 is 15.3 Å². The SMILES string of the molecule is CCCCC/C=C\C/C=C\C/C=C\C(=O)C(O)C(O)CCCC(=O)O. The van der Waals surface area contributed by atoms with Gasteiger partial charge in [-0.1, -0.05) is 50.1 Å². The summed E-state index contributed by atoms with van der Waals surface area (Å²) in [6, 6.07) is 0. The van der Waals surface area contributed by atoms with Gasteiger partial charge in [-0.2, -0.15) is 0 Å². The highest BCUT2D eigenvalue weighted by Gasteiger charge is 2.21. The molecule has 0 fully saturated rings. The lowest BCUT2D eigenvalue weighted by Crippen LogP contribution is -2.32. The zero-order valence-electron chi connectivity index (χ0n) is 15.1. The second kappa shape index (κ2) is 15.8. The normalized spacial score (nSPS) is 14.5. The molecule has 0 heterocycles. The molecule has 0 radical (unpaired) electrons. The molecule has 0 aromatic carbocycles. The Balaban J connectivity index is 3.89. The first kappa shape index (κ1) is 23.3. The third kappa shape index (κ3) is 14.3. The van der Waals surface area contributed by atoms with E-state index in [2.05, 4.69) is 19.1 Å². The molecule has 25 heavy (non-hydrogen) atoms. The standard InChI is InChI=1S/C20H32O5/c1-2-3-4-5-6-7-8-9-10-11-12-14-17(21)20(25)18(22)15-13-16-19(23)24/h6-7,9-10,12,14,18,20,22,25H,2-5,8,11,13,15-16H2,1H3,(H,23,24)/b7-6-,10-9-,14-12-. The third-order valence-corrected chi connectivity index (χ3v) is 3.68. The lowest BCUT2D eigenvalue weighted by Gasteiger charge is -2.14. The summed E-state index contributed by atoms with van der Waals surface area (Å²) in [5.41, 5.74) is 0. The van der Waals surface area contributed by atoms with Gasteiger partial charge in [-0.25, -0.2) is 0 Å². The van der Waals surface area contributed by atoms with Crippen LogP contribution in [0.25, 0.3) is 0 Å². The first-order valence-electron chi connectivity index (χ1n) is 9.07. The van der Waals surface area contributed by atoms with Crippen LogP contribution in [0, 0.1) is 0 Å². The van der Waals surface area contributed by atoms with Crippen LogP contribution in [0.15, 0.2) is 36.5 Å². The van der Waals surface area contributed by atoms with Crippen LogP contribution in [0.1, 0.15) is 64.7 Å². The molecule has 0 aromatic rings. The van der Waals surface area contributed by atoms with Crippen molar-refractivity contribution in [3.63, 3.8) is 0 Å². The molecule has 3 N–H and O–H groups in total. The molecule has 0 aliphatic rings. The molecule has 0 saturated heterocycles. The molecular weight excluding hydrogens is 320 g/mol. The van der Waals surface area contributed by atoms with Crippen LogP contribution >= 0.6 is 0 Å². The van der Waals surface area contributed by atoms with Gasteiger partial charge in [0, 0.05) is 6.42 Å². The average Bonchev–Trinajstić information content (AvgIpc) is 2.58. The van der Waals surface area contributed by atoms with Crippen molar-refractivity contribution in [3.05, 3.63) is 36.5 Å². The molecule has 0 aromatic heterocycles. The molecule has 0 amide bonds. The topological polar surface area (TPSA) is 94.8 Å². The number of aliphatic carboxylic acids is 1. The first-order chi connectivity index (χ1) is 12.0. The number of ketones is 1. The molecule has 0 aliphatic heterocycles. The fourth-order valence-corrected chi connectivity index (χ4v) is 2.17. The highest BCUT2D eigenvalue weighted by Crippen LogP contribution is 2.07. The quantitative estimate of drug-likeness (QED) is 0.238. The molecule has 0 saturated carbocycles. The highest BCUT2D eigenvalue weighted by atomic mass is 16.4. The van der Waals surface area contributed by atoms with Crippen molar-refractivity contribution in [2.75, 3.05) is 0 Å². The number of hydrogen-bond acceptors (Lipinski definition) is 4. The number of hydrogen-bond donors (Lipinski definition) is 3. The number of carbonyl (C=O) groups is 2. The zero-order valence-corrected chi connectivity index (χ0v) is 15.1. The lowest BCUT2D eigenvalue weighted by atomic mass is 10.0. The Bertz CT molecular complexity index is 451. The molecule has 5 nitrogen and oxygen atoms in total. The molecule has 142 valence electrons. The van der Waals surface area contributed by atoms with Crippen molar-refractivity contribution < 1.29 is 24.9 Å². The maximum absolute atomic E-state index is 11.7. The van der Waals surface area contributed by atoms with Crippen molar-refractivity contribution >= 4 is 11.8 Å². The van der Waals surface area contributed by atoms with Gasteiger partial charge in [0.15, 0.2) is 5.78 Å². The van der Waals surface area contributed by atoms with Gasteiger partial charge in [0.05, 0.1) is 6.10 Å². The van der Waals surface area contributed by atoms with E-state index in [4.69, 9.17) is 5.11 Å². The molecule has 0 bridgehead atoms. The molecule has 0 aliphatic carbocycles. The minimum Gasteiger partial charge on any atom is -0.481 e. The van der Waals surface area contributed by atoms with E-state index in [1.807, 2.05) is 12.2 Å². The van der Waals surface area contributed by atoms with E-state index in [1.54, 1.807) is 6.08 Å². The Labute approximate surface area is 150 Å². The number of aliphatic hydroxyl groups excluding tert-OH is 2. The van der Waals surface area contributed by atoms with Crippen molar-refractivity contribution in [1.82, 2.24) is 0 Å². The van der Waals surface area contributed by atoms with Crippen molar-refractivity contribution in [3.8, 4) is 0 Å². The minimum absolute atomic E-state index is 0.0809. The summed E-state index contributed by atoms with van der Waals surface area (Å²) < 4.78 is 0. The maximum atomic E-state index is 11.7. The van der Waals surface area contributed by atoms with E-state index in [-0.39, 0.29) is 19.3 Å². The van der Waals surface area contributed by atoms with Crippen molar-refractivity contribution in [1.29, 1.82) is 0 Å². The van der Waals surface area contributed by atoms with E-state index in [0.29, 0.717) is 6.42 Å². The van der Waals surface area contributed by atoms with Gasteiger partial charge in [0.2, 0.25) is 0 Å². The van der Waals surface area contributed by atoms with Crippen LogP contribution < -0.4 is 0 Å². The number of carboxylic acids is 1. The van der Waals surface area contributed by atoms with E-state index < -0.39 is 24.0 Å². The van der Waals surface area contributed by atoms with Crippen LogP contribution in [-0.2, 0) is 9.59 Å². The Morgan fingerprint density at radius 3 is 2.20 bits per heavy atom. The molecule has 0 spiro atoms. The average molecular weight is 352 g/mol. The second-order valence-electron chi connectivity index (χ2n) is 6.01. The molecule has 2 unspecified atom stereocenters. The smallest absolute Gasteiger partial charge is 0.303 e. The van der Waals surface area contributed by atoms with Gasteiger partial charge in [0.1, 0.15) is 6.10 Å². The number of carbonyl (C=O) groups excluding carboxylic acids is 1. The Hall–Kier alpha value is -1.72. The predicted molar refractivity (Wildman–Crippen MR) is 99.3 cm³/mol. The number of unbranched alkanes of at least 4 members (excludes halogenated alkanes) is 3. The summed E-state index contributed by atoms with van der Waals surface area (Å²) >= 11 is 0. The number of rotatable bonds is 15. The third-order valence-electron chi connectivity index (χ3n) is 3.68. The van der Waals surface area contributed by atoms with Gasteiger partial charge in [-0.05, 0) is 44.6 Å². The van der Waals surface area contributed by atoms with Crippen LogP contribution in [0.3, 0.4) is 0 Å². The fourth-order valence-electron chi connectivity index (χ4n) is 2.17. The largest absolute Gasteiger partial charge is 0.481 e. The van der Waals surface area contributed by atoms with Crippen LogP contribution in [-0.4, -0.2) is 39.3 Å².